The summed E-state index contributed by atoms with van der Waals surface area (Å²) in [7, 11) is 0. The summed E-state index contributed by atoms with van der Waals surface area (Å²) in [6.07, 6.45) is 2.90. The topological polar surface area (TPSA) is 54.5 Å². The molecule has 2 heterocycles. The molecule has 6 heteroatoms. The zero-order valence-corrected chi connectivity index (χ0v) is 8.98. The van der Waals surface area contributed by atoms with E-state index in [0.29, 0.717) is 0 Å². The summed E-state index contributed by atoms with van der Waals surface area (Å²) in [5.74, 6) is 0.771. The molecule has 0 atom stereocenters. The molecule has 74 valence electrons. The van der Waals surface area contributed by atoms with Gasteiger partial charge in [-0.1, -0.05) is 16.8 Å². The van der Waals surface area contributed by atoms with Crippen molar-refractivity contribution in [3.8, 4) is 0 Å². The predicted molar refractivity (Wildman–Crippen MR) is 55.5 cm³/mol. The Morgan fingerprint density at radius 2 is 2.29 bits per heavy atom. The van der Waals surface area contributed by atoms with E-state index in [9.17, 15) is 0 Å². The summed E-state index contributed by atoms with van der Waals surface area (Å²) in [5.41, 5.74) is 0. The third-order valence-corrected chi connectivity index (χ3v) is 3.13. The van der Waals surface area contributed by atoms with Crippen LogP contribution in [0.1, 0.15) is 17.1 Å². The lowest BCUT2D eigenvalue weighted by Crippen LogP contribution is -1.90. The number of nitrogens with one attached hydrogen (secondary N) is 1. The Morgan fingerprint density at radius 1 is 1.36 bits per heavy atom. The molecule has 0 radical (unpaired) electrons. The van der Waals surface area contributed by atoms with Crippen LogP contribution in [0, 0.1) is 0 Å². The lowest BCUT2D eigenvalue weighted by Gasteiger charge is -1.93. The SMILES string of the molecule is Clc1ccc(CCCc2nn[nH]n2)s1. The second-order valence-electron chi connectivity index (χ2n) is 2.89. The summed E-state index contributed by atoms with van der Waals surface area (Å²) in [6.45, 7) is 0. The van der Waals surface area contributed by atoms with Gasteiger partial charge in [0.2, 0.25) is 0 Å². The van der Waals surface area contributed by atoms with E-state index >= 15 is 0 Å². The van der Waals surface area contributed by atoms with E-state index in [1.54, 1.807) is 11.3 Å². The van der Waals surface area contributed by atoms with Crippen LogP contribution in [-0.4, -0.2) is 20.6 Å². The zero-order chi connectivity index (χ0) is 9.80. The van der Waals surface area contributed by atoms with Gasteiger partial charge in [0.15, 0.2) is 5.82 Å². The minimum absolute atomic E-state index is 0.771. The van der Waals surface area contributed by atoms with Crippen LogP contribution in [0.15, 0.2) is 12.1 Å². The quantitative estimate of drug-likeness (QED) is 0.872. The third-order valence-electron chi connectivity index (χ3n) is 1.84. The molecule has 2 aromatic heterocycles. The molecule has 0 aliphatic carbocycles. The summed E-state index contributed by atoms with van der Waals surface area (Å²) in [6, 6.07) is 3.99. The third kappa shape index (κ3) is 2.52. The average Bonchev–Trinajstić information content (AvgIpc) is 2.77. The molecule has 0 saturated heterocycles. The van der Waals surface area contributed by atoms with E-state index in [-0.39, 0.29) is 0 Å². The fraction of sp³-hybridized carbons (Fsp3) is 0.375. The van der Waals surface area contributed by atoms with E-state index in [1.165, 1.54) is 4.88 Å². The van der Waals surface area contributed by atoms with E-state index in [4.69, 9.17) is 11.6 Å². The highest BCUT2D eigenvalue weighted by Crippen LogP contribution is 2.22. The molecule has 2 rings (SSSR count). The normalized spacial score (nSPS) is 10.6. The van der Waals surface area contributed by atoms with Crippen LogP contribution < -0.4 is 0 Å². The molecule has 14 heavy (non-hydrogen) atoms. The Labute approximate surface area is 90.3 Å². The second-order valence-corrected chi connectivity index (χ2v) is 4.69. The van der Waals surface area contributed by atoms with Gasteiger partial charge in [-0.15, -0.1) is 21.5 Å². The van der Waals surface area contributed by atoms with Gasteiger partial charge in [0, 0.05) is 11.3 Å². The molecule has 0 aliphatic heterocycles. The van der Waals surface area contributed by atoms with Crippen LogP contribution in [0.5, 0.6) is 0 Å². The Bertz CT molecular complexity index is 384. The van der Waals surface area contributed by atoms with Crippen molar-refractivity contribution >= 4 is 22.9 Å². The van der Waals surface area contributed by atoms with Crippen LogP contribution in [0.2, 0.25) is 4.34 Å². The standard InChI is InChI=1S/C8H9ClN4S/c9-7-5-4-6(14-7)2-1-3-8-10-12-13-11-8/h4-5H,1-3H2,(H,10,11,12,13). The minimum atomic E-state index is 0.771. The smallest absolute Gasteiger partial charge is 0.174 e. The van der Waals surface area contributed by atoms with Gasteiger partial charge in [0.1, 0.15) is 0 Å². The molecule has 0 bridgehead atoms. The van der Waals surface area contributed by atoms with Crippen molar-refractivity contribution in [2.75, 3.05) is 0 Å². The first-order valence-electron chi connectivity index (χ1n) is 4.31. The Hall–Kier alpha value is -0.940. The van der Waals surface area contributed by atoms with Gasteiger partial charge in [-0.05, 0) is 25.0 Å². The monoisotopic (exact) mass is 228 g/mol. The molecule has 0 aromatic carbocycles. The Kier molecular flexibility index (Phi) is 3.10. The number of nitrogens with zero attached hydrogens (tertiary/aromatic N) is 3. The lowest BCUT2D eigenvalue weighted by molar-refractivity contribution is 0.780. The molecule has 0 aliphatic rings. The largest absolute Gasteiger partial charge is 0.177 e. The van der Waals surface area contributed by atoms with Crippen LogP contribution in [0.3, 0.4) is 0 Å². The summed E-state index contributed by atoms with van der Waals surface area (Å²) in [5, 5.41) is 13.7. The fourth-order valence-corrected chi connectivity index (χ4v) is 2.32. The highest BCUT2D eigenvalue weighted by atomic mass is 35.5. The first kappa shape index (κ1) is 9.61. The van der Waals surface area contributed by atoms with Crippen molar-refractivity contribution in [3.05, 3.63) is 27.2 Å². The summed E-state index contributed by atoms with van der Waals surface area (Å²) in [4.78, 5) is 1.30. The molecule has 4 nitrogen and oxygen atoms in total. The highest BCUT2D eigenvalue weighted by Gasteiger charge is 2.00. The highest BCUT2D eigenvalue weighted by molar-refractivity contribution is 7.16. The van der Waals surface area contributed by atoms with E-state index in [2.05, 4.69) is 26.7 Å². The number of H-pyrrole nitrogens is 1. The number of tetrazole rings is 1. The molecule has 0 saturated carbocycles. The first-order chi connectivity index (χ1) is 6.84. The number of aryl methyl sites for hydroxylation is 2. The molecule has 0 fully saturated rings. The van der Waals surface area contributed by atoms with Crippen molar-refractivity contribution in [3.63, 3.8) is 0 Å². The Morgan fingerprint density at radius 3 is 2.93 bits per heavy atom. The van der Waals surface area contributed by atoms with Crippen LogP contribution in [0.4, 0.5) is 0 Å². The molecule has 0 amide bonds. The number of hydrogen-bond acceptors (Lipinski definition) is 4. The predicted octanol–water partition coefficient (Wildman–Crippen LogP) is 2.09. The summed E-state index contributed by atoms with van der Waals surface area (Å²) < 4.78 is 0.847. The maximum atomic E-state index is 5.82. The molecular weight excluding hydrogens is 220 g/mol. The van der Waals surface area contributed by atoms with Gasteiger partial charge in [0.25, 0.3) is 0 Å². The lowest BCUT2D eigenvalue weighted by atomic mass is 10.2. The van der Waals surface area contributed by atoms with Gasteiger partial charge >= 0.3 is 0 Å². The number of rotatable bonds is 4. The van der Waals surface area contributed by atoms with Gasteiger partial charge in [-0.3, -0.25) is 0 Å². The molecule has 0 spiro atoms. The average molecular weight is 229 g/mol. The number of halogens is 1. The van der Waals surface area contributed by atoms with Gasteiger partial charge < -0.3 is 0 Å². The van der Waals surface area contributed by atoms with Gasteiger partial charge in [-0.2, -0.15) is 5.21 Å². The van der Waals surface area contributed by atoms with Gasteiger partial charge in [0.05, 0.1) is 4.34 Å². The number of hydrogen-bond donors (Lipinski definition) is 1. The number of thiophene rings is 1. The second kappa shape index (κ2) is 4.52. The fourth-order valence-electron chi connectivity index (χ4n) is 1.20. The van der Waals surface area contributed by atoms with E-state index in [1.807, 2.05) is 6.07 Å². The van der Waals surface area contributed by atoms with Gasteiger partial charge in [-0.25, -0.2) is 0 Å². The van der Waals surface area contributed by atoms with Crippen molar-refractivity contribution in [2.24, 2.45) is 0 Å². The van der Waals surface area contributed by atoms with Crippen molar-refractivity contribution in [2.45, 2.75) is 19.3 Å². The number of aromatic amines is 1. The zero-order valence-electron chi connectivity index (χ0n) is 7.40. The summed E-state index contributed by atoms with van der Waals surface area (Å²) >= 11 is 7.44. The molecular formula is C8H9ClN4S. The maximum absolute atomic E-state index is 5.82. The number of aromatic nitrogens is 4. The molecule has 0 unspecified atom stereocenters. The first-order valence-corrected chi connectivity index (χ1v) is 5.50. The van der Waals surface area contributed by atoms with Crippen LogP contribution >= 0.6 is 22.9 Å². The molecule has 1 N–H and O–H groups in total. The van der Waals surface area contributed by atoms with Crippen LogP contribution in [0.25, 0.3) is 0 Å². The van der Waals surface area contributed by atoms with Crippen molar-refractivity contribution in [1.29, 1.82) is 0 Å². The maximum Gasteiger partial charge on any atom is 0.174 e. The molecule has 2 aromatic rings. The van der Waals surface area contributed by atoms with Crippen molar-refractivity contribution in [1.82, 2.24) is 20.6 Å². The van der Waals surface area contributed by atoms with Crippen LogP contribution in [-0.2, 0) is 12.8 Å². The van der Waals surface area contributed by atoms with E-state index < -0.39 is 0 Å². The van der Waals surface area contributed by atoms with Crippen molar-refractivity contribution < 1.29 is 0 Å². The minimum Gasteiger partial charge on any atom is -0.177 e. The van der Waals surface area contributed by atoms with E-state index in [0.717, 1.165) is 29.4 Å². The Balaban J connectivity index is 1.78.